The largest absolute Gasteiger partial charge is 0.243 e. The first-order chi connectivity index (χ1) is 11.5. The fourth-order valence-corrected chi connectivity index (χ4v) is 5.91. The van der Waals surface area contributed by atoms with Crippen LogP contribution in [0.5, 0.6) is 0 Å². The molecule has 2 aromatic rings. The van der Waals surface area contributed by atoms with Gasteiger partial charge in [-0.1, -0.05) is 44.9 Å². The van der Waals surface area contributed by atoms with Crippen LogP contribution in [0.15, 0.2) is 46.7 Å². The highest BCUT2D eigenvalue weighted by molar-refractivity contribution is 7.89. The van der Waals surface area contributed by atoms with E-state index in [0.29, 0.717) is 17.4 Å². The SMILES string of the molecule is CC(C)c1ccc(S(=O)(=O)N2CCCCC[C@H]2c2cccs2)cc1. The molecule has 0 unspecified atom stereocenters. The van der Waals surface area contributed by atoms with E-state index in [0.717, 1.165) is 30.6 Å². The maximum absolute atomic E-state index is 13.3. The summed E-state index contributed by atoms with van der Waals surface area (Å²) in [6.07, 6.45) is 4.02. The fourth-order valence-electron chi connectivity index (χ4n) is 3.29. The zero-order valence-corrected chi connectivity index (χ0v) is 15.9. The van der Waals surface area contributed by atoms with Crippen molar-refractivity contribution in [3.63, 3.8) is 0 Å². The molecule has 0 radical (unpaired) electrons. The molecule has 130 valence electrons. The quantitative estimate of drug-likeness (QED) is 0.751. The monoisotopic (exact) mass is 363 g/mol. The van der Waals surface area contributed by atoms with Crippen LogP contribution in [0, 0.1) is 0 Å². The lowest BCUT2D eigenvalue weighted by Crippen LogP contribution is -2.34. The van der Waals surface area contributed by atoms with Gasteiger partial charge in [0.25, 0.3) is 0 Å². The van der Waals surface area contributed by atoms with E-state index in [1.165, 1.54) is 5.56 Å². The number of sulfonamides is 1. The Labute approximate surface area is 149 Å². The van der Waals surface area contributed by atoms with Crippen molar-refractivity contribution in [2.45, 2.75) is 56.4 Å². The Morgan fingerprint density at radius 2 is 1.83 bits per heavy atom. The molecule has 1 saturated heterocycles. The Morgan fingerprint density at radius 3 is 2.46 bits per heavy atom. The summed E-state index contributed by atoms with van der Waals surface area (Å²) >= 11 is 1.65. The molecule has 0 bridgehead atoms. The van der Waals surface area contributed by atoms with E-state index in [-0.39, 0.29) is 6.04 Å². The molecule has 0 spiro atoms. The van der Waals surface area contributed by atoms with Crippen molar-refractivity contribution in [2.24, 2.45) is 0 Å². The van der Waals surface area contributed by atoms with Crippen LogP contribution in [0.2, 0.25) is 0 Å². The smallest absolute Gasteiger partial charge is 0.207 e. The standard InChI is InChI=1S/C19H25NO2S2/c1-15(2)16-9-11-17(12-10-16)24(21,22)20-13-5-3-4-7-18(20)19-8-6-14-23-19/h6,8-12,14-15,18H,3-5,7,13H2,1-2H3/t18-/m0/s1. The van der Waals surface area contributed by atoms with Crippen molar-refractivity contribution in [1.82, 2.24) is 4.31 Å². The van der Waals surface area contributed by atoms with Gasteiger partial charge in [-0.25, -0.2) is 8.42 Å². The molecule has 1 aliphatic heterocycles. The van der Waals surface area contributed by atoms with Gasteiger partial charge in [0.2, 0.25) is 10.0 Å². The number of rotatable bonds is 4. The van der Waals surface area contributed by atoms with Crippen LogP contribution in [0.4, 0.5) is 0 Å². The molecule has 3 rings (SSSR count). The first-order valence-electron chi connectivity index (χ1n) is 8.65. The Morgan fingerprint density at radius 1 is 1.08 bits per heavy atom. The summed E-state index contributed by atoms with van der Waals surface area (Å²) in [5.41, 5.74) is 1.17. The number of benzene rings is 1. The number of thiophene rings is 1. The number of hydrogen-bond donors (Lipinski definition) is 0. The third kappa shape index (κ3) is 3.58. The van der Waals surface area contributed by atoms with E-state index in [2.05, 4.69) is 19.9 Å². The predicted molar refractivity (Wildman–Crippen MR) is 100.0 cm³/mol. The van der Waals surface area contributed by atoms with Crippen molar-refractivity contribution in [3.8, 4) is 0 Å². The van der Waals surface area contributed by atoms with Gasteiger partial charge in [-0.2, -0.15) is 4.31 Å². The molecule has 0 amide bonds. The normalized spacial score (nSPS) is 20.2. The average molecular weight is 364 g/mol. The molecule has 0 N–H and O–H groups in total. The van der Waals surface area contributed by atoms with Gasteiger partial charge in [0.1, 0.15) is 0 Å². The first kappa shape index (κ1) is 17.6. The van der Waals surface area contributed by atoms with E-state index < -0.39 is 10.0 Å². The van der Waals surface area contributed by atoms with Crippen LogP contribution in [0.3, 0.4) is 0 Å². The van der Waals surface area contributed by atoms with E-state index in [1.807, 2.05) is 23.6 Å². The van der Waals surface area contributed by atoms with Gasteiger partial charge >= 0.3 is 0 Å². The molecule has 1 atom stereocenters. The highest BCUT2D eigenvalue weighted by atomic mass is 32.2. The highest BCUT2D eigenvalue weighted by Crippen LogP contribution is 2.36. The third-order valence-corrected chi connectivity index (χ3v) is 7.62. The van der Waals surface area contributed by atoms with Gasteiger partial charge in [-0.15, -0.1) is 11.3 Å². The van der Waals surface area contributed by atoms with Crippen molar-refractivity contribution >= 4 is 21.4 Å². The molecule has 1 aliphatic rings. The third-order valence-electron chi connectivity index (χ3n) is 4.73. The Kier molecular flexibility index (Phi) is 5.42. The van der Waals surface area contributed by atoms with Crippen LogP contribution >= 0.6 is 11.3 Å². The molecule has 1 aromatic heterocycles. The average Bonchev–Trinajstić information content (AvgIpc) is 2.98. The summed E-state index contributed by atoms with van der Waals surface area (Å²) in [5.74, 6) is 0.402. The minimum Gasteiger partial charge on any atom is -0.207 e. The highest BCUT2D eigenvalue weighted by Gasteiger charge is 2.33. The minimum absolute atomic E-state index is 0.0257. The summed E-state index contributed by atoms with van der Waals surface area (Å²) in [7, 11) is -3.46. The number of hydrogen-bond acceptors (Lipinski definition) is 3. The lowest BCUT2D eigenvalue weighted by atomic mass is 10.0. The first-order valence-corrected chi connectivity index (χ1v) is 11.0. The second-order valence-corrected chi connectivity index (χ2v) is 9.59. The fraction of sp³-hybridized carbons (Fsp3) is 0.474. The molecule has 1 fully saturated rings. The predicted octanol–water partition coefficient (Wildman–Crippen LogP) is 5.18. The van der Waals surface area contributed by atoms with Gasteiger partial charge in [-0.05, 0) is 47.9 Å². The lowest BCUT2D eigenvalue weighted by molar-refractivity contribution is 0.333. The van der Waals surface area contributed by atoms with Gasteiger partial charge < -0.3 is 0 Å². The molecule has 5 heteroatoms. The van der Waals surface area contributed by atoms with Crippen LogP contribution in [-0.4, -0.2) is 19.3 Å². The minimum atomic E-state index is -3.46. The van der Waals surface area contributed by atoms with Crippen molar-refractivity contribution in [3.05, 3.63) is 52.2 Å². The van der Waals surface area contributed by atoms with E-state index in [9.17, 15) is 8.42 Å². The molecule has 1 aromatic carbocycles. The van der Waals surface area contributed by atoms with Crippen molar-refractivity contribution < 1.29 is 8.42 Å². The summed E-state index contributed by atoms with van der Waals surface area (Å²) in [5, 5.41) is 2.03. The molecule has 0 saturated carbocycles. The van der Waals surface area contributed by atoms with Crippen LogP contribution < -0.4 is 0 Å². The topological polar surface area (TPSA) is 37.4 Å². The zero-order valence-electron chi connectivity index (χ0n) is 14.3. The molecule has 0 aliphatic carbocycles. The second kappa shape index (κ2) is 7.38. The molecule has 2 heterocycles. The second-order valence-electron chi connectivity index (χ2n) is 6.72. The summed E-state index contributed by atoms with van der Waals surface area (Å²) in [4.78, 5) is 1.56. The lowest BCUT2D eigenvalue weighted by Gasteiger charge is -2.28. The van der Waals surface area contributed by atoms with Crippen molar-refractivity contribution in [1.29, 1.82) is 0 Å². The number of nitrogens with zero attached hydrogens (tertiary/aromatic N) is 1. The van der Waals surface area contributed by atoms with Crippen molar-refractivity contribution in [2.75, 3.05) is 6.54 Å². The van der Waals surface area contributed by atoms with Crippen LogP contribution in [0.25, 0.3) is 0 Å². The molecular formula is C19H25NO2S2. The van der Waals surface area contributed by atoms with E-state index in [4.69, 9.17) is 0 Å². The Hall–Kier alpha value is -1.17. The van der Waals surface area contributed by atoms with Crippen LogP contribution in [-0.2, 0) is 10.0 Å². The van der Waals surface area contributed by atoms with Crippen LogP contribution in [0.1, 0.15) is 61.9 Å². The van der Waals surface area contributed by atoms with Gasteiger partial charge in [0, 0.05) is 11.4 Å². The Balaban J connectivity index is 1.95. The maximum atomic E-state index is 13.3. The van der Waals surface area contributed by atoms with Gasteiger partial charge in [-0.3, -0.25) is 0 Å². The summed E-state index contributed by atoms with van der Waals surface area (Å²) in [6.45, 7) is 4.84. The van der Waals surface area contributed by atoms with Gasteiger partial charge in [0.15, 0.2) is 0 Å². The van der Waals surface area contributed by atoms with Gasteiger partial charge in [0.05, 0.1) is 10.9 Å². The van der Waals surface area contributed by atoms with E-state index in [1.54, 1.807) is 27.8 Å². The summed E-state index contributed by atoms with van der Waals surface area (Å²) in [6, 6.07) is 11.5. The zero-order chi connectivity index (χ0) is 17.2. The summed E-state index contributed by atoms with van der Waals surface area (Å²) < 4.78 is 28.2. The Bertz CT molecular complexity index is 749. The maximum Gasteiger partial charge on any atom is 0.243 e. The van der Waals surface area contributed by atoms with E-state index >= 15 is 0 Å². The molecule has 24 heavy (non-hydrogen) atoms. The molecular weight excluding hydrogens is 338 g/mol. The molecule has 3 nitrogen and oxygen atoms in total.